The Kier molecular flexibility index (Phi) is 7.79. The second-order valence-electron chi connectivity index (χ2n) is 7.47. The molecule has 30 heavy (non-hydrogen) atoms. The van der Waals surface area contributed by atoms with Crippen molar-refractivity contribution in [2.45, 2.75) is 26.3 Å². The van der Waals surface area contributed by atoms with Gasteiger partial charge < -0.3 is 19.9 Å². The number of nitrogens with one attached hydrogen (secondary N) is 1. The highest BCUT2D eigenvalue weighted by Gasteiger charge is 2.28. The molecule has 8 heteroatoms. The van der Waals surface area contributed by atoms with Crippen molar-refractivity contribution in [2.24, 2.45) is 0 Å². The van der Waals surface area contributed by atoms with E-state index in [1.165, 1.54) is 0 Å². The van der Waals surface area contributed by atoms with Crippen LogP contribution in [0.5, 0.6) is 5.75 Å². The maximum atomic E-state index is 13.3. The Labute approximate surface area is 183 Å². The van der Waals surface area contributed by atoms with Crippen LogP contribution in [0.1, 0.15) is 17.8 Å². The molecule has 1 fully saturated rings. The summed E-state index contributed by atoms with van der Waals surface area (Å²) < 4.78 is 5.33. The topological polar surface area (TPSA) is 70.6 Å². The van der Waals surface area contributed by atoms with Gasteiger partial charge in [-0.25, -0.2) is 9.97 Å². The molecule has 1 amide bonds. The maximum absolute atomic E-state index is 13.3. The monoisotopic (exact) mass is 429 g/mol. The lowest BCUT2D eigenvalue weighted by molar-refractivity contribution is -0.132. The number of thioether (sulfide) groups is 1. The Hall–Kier alpha value is -2.48. The fourth-order valence-corrected chi connectivity index (χ4v) is 4.12. The Morgan fingerprint density at radius 2 is 1.87 bits per heavy atom. The van der Waals surface area contributed by atoms with E-state index < -0.39 is 0 Å². The highest BCUT2D eigenvalue weighted by molar-refractivity contribution is 7.98. The molecular formula is C22H31N5O2S. The zero-order valence-corrected chi connectivity index (χ0v) is 19.0. The molecule has 1 N–H and O–H groups in total. The number of hydrogen-bond acceptors (Lipinski definition) is 7. The number of carbonyl (C=O) groups excluding carboxylic acids is 1. The van der Waals surface area contributed by atoms with Crippen molar-refractivity contribution in [3.63, 3.8) is 0 Å². The molecule has 1 aromatic carbocycles. The first-order chi connectivity index (χ1) is 14.5. The molecule has 2 aromatic rings. The number of hydrogen-bond donors (Lipinski definition) is 1. The molecule has 3 rings (SSSR count). The van der Waals surface area contributed by atoms with Gasteiger partial charge in [0.15, 0.2) is 0 Å². The number of nitrogens with zero attached hydrogens (tertiary/aromatic N) is 4. The number of amides is 1. The Morgan fingerprint density at radius 1 is 1.17 bits per heavy atom. The number of aryl methyl sites for hydroxylation is 2. The minimum Gasteiger partial charge on any atom is -0.497 e. The van der Waals surface area contributed by atoms with Crippen LogP contribution in [0.15, 0.2) is 30.3 Å². The predicted molar refractivity (Wildman–Crippen MR) is 124 cm³/mol. The van der Waals surface area contributed by atoms with Crippen LogP contribution in [-0.2, 0) is 4.79 Å². The average molecular weight is 430 g/mol. The minimum absolute atomic E-state index is 0.122. The highest BCUT2D eigenvalue weighted by atomic mass is 32.2. The van der Waals surface area contributed by atoms with Gasteiger partial charge in [-0.15, -0.1) is 0 Å². The normalized spacial score (nSPS) is 15.1. The molecule has 0 unspecified atom stereocenters. The summed E-state index contributed by atoms with van der Waals surface area (Å²) in [6.45, 7) is 6.87. The Morgan fingerprint density at radius 3 is 2.50 bits per heavy atom. The fourth-order valence-electron chi connectivity index (χ4n) is 3.65. The molecule has 2 heterocycles. The van der Waals surface area contributed by atoms with Gasteiger partial charge in [0.05, 0.1) is 7.11 Å². The number of aromatic nitrogens is 2. The lowest BCUT2D eigenvalue weighted by Crippen LogP contribution is -2.53. The van der Waals surface area contributed by atoms with E-state index >= 15 is 0 Å². The van der Waals surface area contributed by atoms with Crippen molar-refractivity contribution in [1.29, 1.82) is 0 Å². The van der Waals surface area contributed by atoms with Crippen molar-refractivity contribution in [1.82, 2.24) is 14.9 Å². The molecule has 0 radical (unpaired) electrons. The smallest absolute Gasteiger partial charge is 0.245 e. The second-order valence-corrected chi connectivity index (χ2v) is 8.45. The number of anilines is 2. The summed E-state index contributed by atoms with van der Waals surface area (Å²) in [6, 6.07) is 9.68. The van der Waals surface area contributed by atoms with Crippen molar-refractivity contribution < 1.29 is 9.53 Å². The predicted octanol–water partition coefficient (Wildman–Crippen LogP) is 2.98. The summed E-state index contributed by atoms with van der Waals surface area (Å²) in [5.74, 6) is 2.40. The van der Waals surface area contributed by atoms with Crippen LogP contribution in [0.3, 0.4) is 0 Å². The summed E-state index contributed by atoms with van der Waals surface area (Å²) in [7, 11) is 1.68. The molecule has 0 spiro atoms. The summed E-state index contributed by atoms with van der Waals surface area (Å²) >= 11 is 1.74. The average Bonchev–Trinajstić information content (AvgIpc) is 2.75. The molecule has 1 saturated heterocycles. The third kappa shape index (κ3) is 5.78. The van der Waals surface area contributed by atoms with Gasteiger partial charge in [-0.2, -0.15) is 11.8 Å². The molecule has 1 aromatic heterocycles. The third-order valence-electron chi connectivity index (χ3n) is 5.20. The van der Waals surface area contributed by atoms with E-state index in [9.17, 15) is 4.79 Å². The number of rotatable bonds is 8. The van der Waals surface area contributed by atoms with Crippen molar-refractivity contribution >= 4 is 29.3 Å². The summed E-state index contributed by atoms with van der Waals surface area (Å²) in [5, 5.41) is 3.29. The molecule has 7 nitrogen and oxygen atoms in total. The SMILES string of the molecule is COc1cccc(N2CCN(C(=O)[C@@H](CCSC)Nc3nc(C)cc(C)n3)CC2)c1. The molecule has 1 aliphatic rings. The lowest BCUT2D eigenvalue weighted by Gasteiger charge is -2.37. The fraction of sp³-hybridized carbons (Fsp3) is 0.500. The standard InChI is InChI=1S/C22H31N5O2S/c1-16-14-17(2)24-22(23-16)25-20(8-13-30-4)21(28)27-11-9-26(10-12-27)18-6-5-7-19(15-18)29-3/h5-7,14-15,20H,8-13H2,1-4H3,(H,23,24,25)/t20-/m1/s1. The maximum Gasteiger partial charge on any atom is 0.245 e. The Balaban J connectivity index is 1.64. The highest BCUT2D eigenvalue weighted by Crippen LogP contribution is 2.22. The molecule has 0 aliphatic carbocycles. The molecule has 1 atom stereocenters. The quantitative estimate of drug-likeness (QED) is 0.692. The Bertz CT molecular complexity index is 835. The molecule has 1 aliphatic heterocycles. The van der Waals surface area contributed by atoms with Crippen LogP contribution in [-0.4, -0.2) is 72.1 Å². The van der Waals surface area contributed by atoms with Crippen molar-refractivity contribution in [3.05, 3.63) is 41.7 Å². The van der Waals surface area contributed by atoms with E-state index in [1.54, 1.807) is 18.9 Å². The first kappa shape index (κ1) is 22.2. The summed E-state index contributed by atoms with van der Waals surface area (Å²) in [5.41, 5.74) is 2.92. The number of ether oxygens (including phenoxy) is 1. The summed E-state index contributed by atoms with van der Waals surface area (Å²) in [6.07, 6.45) is 2.80. The number of benzene rings is 1. The summed E-state index contributed by atoms with van der Waals surface area (Å²) in [4.78, 5) is 26.4. The van der Waals surface area contributed by atoms with Gasteiger partial charge in [0.25, 0.3) is 0 Å². The molecule has 0 bridgehead atoms. The minimum atomic E-state index is -0.318. The van der Waals surface area contributed by atoms with Gasteiger partial charge >= 0.3 is 0 Å². The van der Waals surface area contributed by atoms with Crippen LogP contribution >= 0.6 is 11.8 Å². The van der Waals surface area contributed by atoms with E-state index in [4.69, 9.17) is 4.74 Å². The van der Waals surface area contributed by atoms with Crippen LogP contribution in [0.2, 0.25) is 0 Å². The van der Waals surface area contributed by atoms with Crippen LogP contribution in [0.4, 0.5) is 11.6 Å². The zero-order valence-electron chi connectivity index (χ0n) is 18.2. The van der Waals surface area contributed by atoms with Gasteiger partial charge in [0.1, 0.15) is 11.8 Å². The van der Waals surface area contributed by atoms with E-state index in [0.717, 1.165) is 48.1 Å². The zero-order chi connectivity index (χ0) is 21.5. The van der Waals surface area contributed by atoms with Gasteiger partial charge in [-0.1, -0.05) is 6.07 Å². The van der Waals surface area contributed by atoms with Gasteiger partial charge in [-0.05, 0) is 50.5 Å². The molecule has 162 valence electrons. The van der Waals surface area contributed by atoms with Crippen LogP contribution in [0, 0.1) is 13.8 Å². The second kappa shape index (κ2) is 10.5. The van der Waals surface area contributed by atoms with E-state index in [2.05, 4.69) is 32.5 Å². The first-order valence-electron chi connectivity index (χ1n) is 10.3. The first-order valence-corrected chi connectivity index (χ1v) is 11.6. The van der Waals surface area contributed by atoms with Crippen molar-refractivity contribution in [2.75, 3.05) is 55.5 Å². The number of piperazine rings is 1. The lowest BCUT2D eigenvalue weighted by atomic mass is 10.1. The largest absolute Gasteiger partial charge is 0.497 e. The third-order valence-corrected chi connectivity index (χ3v) is 5.85. The van der Waals surface area contributed by atoms with Crippen LogP contribution in [0.25, 0.3) is 0 Å². The molecule has 0 saturated carbocycles. The van der Waals surface area contributed by atoms with Gasteiger partial charge in [0, 0.05) is 49.3 Å². The van der Waals surface area contributed by atoms with Gasteiger partial charge in [-0.3, -0.25) is 4.79 Å². The van der Waals surface area contributed by atoms with E-state index in [0.29, 0.717) is 19.0 Å². The van der Waals surface area contributed by atoms with Gasteiger partial charge in [0.2, 0.25) is 11.9 Å². The molecular weight excluding hydrogens is 398 g/mol. The van der Waals surface area contributed by atoms with Crippen molar-refractivity contribution in [3.8, 4) is 5.75 Å². The number of methoxy groups -OCH3 is 1. The van der Waals surface area contributed by atoms with E-state index in [-0.39, 0.29) is 11.9 Å². The van der Waals surface area contributed by atoms with E-state index in [1.807, 2.05) is 43.0 Å². The number of carbonyl (C=O) groups is 1. The van der Waals surface area contributed by atoms with Crippen LogP contribution < -0.4 is 15.0 Å².